The standard InChI is InChI=1S/C14H26N4OS/c1-12(2)10-15-11-13-16-17-14(20-13)19-9-8-18-6-4-3-5-7-18/h12,15H,3-11H2,1-2H3. The van der Waals surface area contributed by atoms with Gasteiger partial charge in [0, 0.05) is 13.1 Å². The number of likely N-dealkylation sites (tertiary alicyclic amines) is 1. The molecule has 1 aliphatic heterocycles. The highest BCUT2D eigenvalue weighted by Gasteiger charge is 2.10. The van der Waals surface area contributed by atoms with Crippen molar-refractivity contribution in [2.45, 2.75) is 39.7 Å². The van der Waals surface area contributed by atoms with E-state index in [9.17, 15) is 0 Å². The van der Waals surface area contributed by atoms with Crippen molar-refractivity contribution in [3.63, 3.8) is 0 Å². The molecule has 1 aromatic heterocycles. The zero-order chi connectivity index (χ0) is 14.2. The van der Waals surface area contributed by atoms with Crippen molar-refractivity contribution < 1.29 is 4.74 Å². The highest BCUT2D eigenvalue weighted by molar-refractivity contribution is 7.13. The van der Waals surface area contributed by atoms with Crippen LogP contribution in [0.4, 0.5) is 0 Å². The summed E-state index contributed by atoms with van der Waals surface area (Å²) in [7, 11) is 0. The second kappa shape index (κ2) is 8.54. The van der Waals surface area contributed by atoms with E-state index in [1.807, 2.05) is 0 Å². The molecule has 20 heavy (non-hydrogen) atoms. The van der Waals surface area contributed by atoms with Crippen molar-refractivity contribution in [3.8, 4) is 5.19 Å². The molecule has 1 saturated heterocycles. The van der Waals surface area contributed by atoms with Crippen LogP contribution in [-0.2, 0) is 6.54 Å². The van der Waals surface area contributed by atoms with Gasteiger partial charge in [0.05, 0.1) is 0 Å². The lowest BCUT2D eigenvalue weighted by molar-refractivity contribution is 0.182. The molecule has 0 saturated carbocycles. The van der Waals surface area contributed by atoms with E-state index >= 15 is 0 Å². The third-order valence-corrected chi connectivity index (χ3v) is 4.19. The van der Waals surface area contributed by atoms with Crippen molar-refractivity contribution in [2.75, 3.05) is 32.8 Å². The first-order chi connectivity index (χ1) is 9.74. The molecule has 0 spiro atoms. The zero-order valence-corrected chi connectivity index (χ0v) is 13.4. The monoisotopic (exact) mass is 298 g/mol. The molecular formula is C14H26N4OS. The summed E-state index contributed by atoms with van der Waals surface area (Å²) < 4.78 is 5.69. The van der Waals surface area contributed by atoms with Crippen LogP contribution in [0.3, 0.4) is 0 Å². The number of piperidine rings is 1. The third kappa shape index (κ3) is 5.73. The molecule has 0 unspecified atom stereocenters. The van der Waals surface area contributed by atoms with Crippen LogP contribution in [0.5, 0.6) is 5.19 Å². The van der Waals surface area contributed by atoms with Crippen molar-refractivity contribution in [2.24, 2.45) is 5.92 Å². The molecule has 2 heterocycles. The van der Waals surface area contributed by atoms with Crippen LogP contribution in [0, 0.1) is 5.92 Å². The normalized spacial score (nSPS) is 16.8. The molecule has 2 rings (SSSR count). The van der Waals surface area contributed by atoms with E-state index in [0.717, 1.165) is 24.6 Å². The highest BCUT2D eigenvalue weighted by Crippen LogP contribution is 2.17. The lowest BCUT2D eigenvalue weighted by Gasteiger charge is -2.25. The number of hydrogen-bond donors (Lipinski definition) is 1. The second-order valence-electron chi connectivity index (χ2n) is 5.74. The van der Waals surface area contributed by atoms with Gasteiger partial charge in [-0.05, 0) is 38.4 Å². The summed E-state index contributed by atoms with van der Waals surface area (Å²) in [5.74, 6) is 0.656. The fourth-order valence-electron chi connectivity index (χ4n) is 2.28. The number of ether oxygens (including phenoxy) is 1. The Morgan fingerprint density at radius 1 is 1.25 bits per heavy atom. The molecule has 6 heteroatoms. The van der Waals surface area contributed by atoms with Gasteiger partial charge in [-0.3, -0.25) is 4.90 Å². The first-order valence-corrected chi connectivity index (χ1v) is 8.44. The summed E-state index contributed by atoms with van der Waals surface area (Å²) in [5, 5.41) is 13.3. The largest absolute Gasteiger partial charge is 0.468 e. The summed E-state index contributed by atoms with van der Waals surface area (Å²) in [6, 6.07) is 0. The van der Waals surface area contributed by atoms with Gasteiger partial charge in [0.15, 0.2) is 0 Å². The Morgan fingerprint density at radius 2 is 2.05 bits per heavy atom. The number of rotatable bonds is 8. The molecule has 1 N–H and O–H groups in total. The van der Waals surface area contributed by atoms with Crippen LogP contribution in [0.2, 0.25) is 0 Å². The van der Waals surface area contributed by atoms with Gasteiger partial charge in [-0.15, -0.1) is 10.2 Å². The molecule has 0 radical (unpaired) electrons. The van der Waals surface area contributed by atoms with Crippen molar-refractivity contribution in [3.05, 3.63) is 5.01 Å². The van der Waals surface area contributed by atoms with Crippen LogP contribution in [0.25, 0.3) is 0 Å². The van der Waals surface area contributed by atoms with Gasteiger partial charge in [0.1, 0.15) is 11.6 Å². The quantitative estimate of drug-likeness (QED) is 0.797. The highest BCUT2D eigenvalue weighted by atomic mass is 32.1. The van der Waals surface area contributed by atoms with E-state index in [-0.39, 0.29) is 0 Å². The van der Waals surface area contributed by atoms with Gasteiger partial charge in [-0.2, -0.15) is 0 Å². The smallest absolute Gasteiger partial charge is 0.294 e. The third-order valence-electron chi connectivity index (χ3n) is 3.36. The summed E-state index contributed by atoms with van der Waals surface area (Å²) >= 11 is 1.55. The van der Waals surface area contributed by atoms with Gasteiger partial charge in [0.2, 0.25) is 0 Å². The van der Waals surface area contributed by atoms with Crippen LogP contribution < -0.4 is 10.1 Å². The van der Waals surface area contributed by atoms with E-state index in [1.54, 1.807) is 11.3 Å². The van der Waals surface area contributed by atoms with Gasteiger partial charge >= 0.3 is 0 Å². The van der Waals surface area contributed by atoms with Crippen LogP contribution in [0.15, 0.2) is 0 Å². The first-order valence-electron chi connectivity index (χ1n) is 7.62. The number of aromatic nitrogens is 2. The van der Waals surface area contributed by atoms with E-state index in [0.29, 0.717) is 17.7 Å². The first kappa shape index (κ1) is 15.7. The SMILES string of the molecule is CC(C)CNCc1nnc(OCCN2CCCCC2)s1. The Morgan fingerprint density at radius 3 is 2.80 bits per heavy atom. The predicted octanol–water partition coefficient (Wildman–Crippen LogP) is 2.15. The van der Waals surface area contributed by atoms with Crippen LogP contribution in [0.1, 0.15) is 38.1 Å². The Labute approximate surface area is 125 Å². The van der Waals surface area contributed by atoms with Gasteiger partial charge in [0.25, 0.3) is 5.19 Å². The lowest BCUT2D eigenvalue weighted by atomic mass is 10.1. The van der Waals surface area contributed by atoms with E-state index < -0.39 is 0 Å². The zero-order valence-electron chi connectivity index (χ0n) is 12.6. The molecule has 0 aromatic carbocycles. The fraction of sp³-hybridized carbons (Fsp3) is 0.857. The minimum absolute atomic E-state index is 0.656. The Bertz CT molecular complexity index is 377. The average molecular weight is 298 g/mol. The maximum atomic E-state index is 5.69. The van der Waals surface area contributed by atoms with Crippen molar-refractivity contribution in [1.29, 1.82) is 0 Å². The summed E-state index contributed by atoms with van der Waals surface area (Å²) in [6.45, 7) is 10.3. The molecule has 0 atom stereocenters. The minimum Gasteiger partial charge on any atom is -0.468 e. The number of nitrogens with one attached hydrogen (secondary N) is 1. The Hall–Kier alpha value is -0.720. The van der Waals surface area contributed by atoms with Crippen LogP contribution >= 0.6 is 11.3 Å². The van der Waals surface area contributed by atoms with Crippen molar-refractivity contribution in [1.82, 2.24) is 20.4 Å². The van der Waals surface area contributed by atoms with E-state index in [2.05, 4.69) is 34.3 Å². The predicted molar refractivity (Wildman–Crippen MR) is 82.2 cm³/mol. The molecule has 114 valence electrons. The maximum absolute atomic E-state index is 5.69. The van der Waals surface area contributed by atoms with Crippen LogP contribution in [-0.4, -0.2) is 47.9 Å². The summed E-state index contributed by atoms with van der Waals surface area (Å²) in [5.41, 5.74) is 0. The molecule has 1 aliphatic rings. The molecule has 1 fully saturated rings. The summed E-state index contributed by atoms with van der Waals surface area (Å²) in [4.78, 5) is 2.47. The molecular weight excluding hydrogens is 272 g/mol. The Kier molecular flexibility index (Phi) is 6.69. The molecule has 1 aromatic rings. The Balaban J connectivity index is 1.62. The minimum atomic E-state index is 0.656. The van der Waals surface area contributed by atoms with E-state index in [1.165, 1.54) is 32.4 Å². The molecule has 0 aliphatic carbocycles. The second-order valence-corrected chi connectivity index (χ2v) is 6.76. The average Bonchev–Trinajstić information content (AvgIpc) is 2.87. The fourth-order valence-corrected chi connectivity index (χ4v) is 2.96. The lowest BCUT2D eigenvalue weighted by Crippen LogP contribution is -2.33. The number of nitrogens with zero attached hydrogens (tertiary/aromatic N) is 3. The van der Waals surface area contributed by atoms with Gasteiger partial charge in [-0.1, -0.05) is 31.6 Å². The summed E-state index contributed by atoms with van der Waals surface area (Å²) in [6.07, 6.45) is 4.02. The van der Waals surface area contributed by atoms with Crippen molar-refractivity contribution >= 4 is 11.3 Å². The topological polar surface area (TPSA) is 50.3 Å². The molecule has 0 bridgehead atoms. The van der Waals surface area contributed by atoms with E-state index in [4.69, 9.17) is 4.74 Å². The molecule has 0 amide bonds. The number of hydrogen-bond acceptors (Lipinski definition) is 6. The maximum Gasteiger partial charge on any atom is 0.294 e. The van der Waals surface area contributed by atoms with Gasteiger partial charge in [-0.25, -0.2) is 0 Å². The van der Waals surface area contributed by atoms with Gasteiger partial charge < -0.3 is 10.1 Å². The molecule has 5 nitrogen and oxygen atoms in total.